The van der Waals surface area contributed by atoms with E-state index in [2.05, 4.69) is 35.6 Å². The summed E-state index contributed by atoms with van der Waals surface area (Å²) in [6.45, 7) is 12.0. The van der Waals surface area contributed by atoms with Crippen molar-refractivity contribution in [2.24, 2.45) is 0 Å². The molecule has 0 atom stereocenters. The van der Waals surface area contributed by atoms with Crippen molar-refractivity contribution in [3.63, 3.8) is 0 Å². The summed E-state index contributed by atoms with van der Waals surface area (Å²) in [5.74, 6) is 0. The summed E-state index contributed by atoms with van der Waals surface area (Å²) in [5.41, 5.74) is 0. The molecule has 0 aliphatic heterocycles. The highest BCUT2D eigenvalue weighted by molar-refractivity contribution is 7.14. The first-order valence-electron chi connectivity index (χ1n) is 6.29. The van der Waals surface area contributed by atoms with E-state index in [9.17, 15) is 0 Å². The van der Waals surface area contributed by atoms with Gasteiger partial charge in [-0.15, -0.1) is 11.3 Å². The Kier molecular flexibility index (Phi) is 6.85. The first kappa shape index (κ1) is 14.7. The lowest BCUT2D eigenvalue weighted by Crippen LogP contribution is -2.29. The van der Waals surface area contributed by atoms with Gasteiger partial charge in [-0.3, -0.25) is 0 Å². The molecule has 0 amide bonds. The first-order valence-corrected chi connectivity index (χ1v) is 7.55. The molecule has 98 valence electrons. The van der Waals surface area contributed by atoms with Gasteiger partial charge >= 0.3 is 0 Å². The zero-order chi connectivity index (χ0) is 12.7. The molecule has 0 saturated carbocycles. The van der Waals surface area contributed by atoms with Gasteiger partial charge in [-0.1, -0.05) is 25.4 Å². The molecule has 0 fully saturated rings. The molecule has 1 rings (SSSR count). The normalized spacial score (nSPS) is 11.1. The van der Waals surface area contributed by atoms with Crippen molar-refractivity contribution in [2.75, 3.05) is 37.6 Å². The summed E-state index contributed by atoms with van der Waals surface area (Å²) in [6.07, 6.45) is 1.17. The van der Waals surface area contributed by atoms with Crippen molar-refractivity contribution in [1.82, 2.24) is 9.88 Å². The summed E-state index contributed by atoms with van der Waals surface area (Å²) in [4.78, 5) is 9.06. The van der Waals surface area contributed by atoms with Gasteiger partial charge in [0.15, 0.2) is 5.13 Å². The lowest BCUT2D eigenvalue weighted by atomic mass is 10.3. The molecule has 0 saturated heterocycles. The summed E-state index contributed by atoms with van der Waals surface area (Å²) in [6, 6.07) is 0. The zero-order valence-electron chi connectivity index (χ0n) is 10.9. The Bertz CT molecular complexity index is 312. The van der Waals surface area contributed by atoms with Gasteiger partial charge < -0.3 is 9.80 Å². The van der Waals surface area contributed by atoms with Crippen LogP contribution in [0, 0.1) is 0 Å². The molecule has 0 aromatic carbocycles. The molecule has 1 heterocycles. The van der Waals surface area contributed by atoms with E-state index in [4.69, 9.17) is 11.6 Å². The maximum absolute atomic E-state index is 5.86. The second-order valence-electron chi connectivity index (χ2n) is 3.91. The molecule has 0 N–H and O–H groups in total. The van der Waals surface area contributed by atoms with Gasteiger partial charge in [-0.05, 0) is 33.0 Å². The molecule has 0 bridgehead atoms. The minimum Gasteiger partial charge on any atom is -0.348 e. The molecule has 0 spiro atoms. The lowest BCUT2D eigenvalue weighted by Gasteiger charge is -2.22. The Labute approximate surface area is 113 Å². The van der Waals surface area contributed by atoms with Crippen LogP contribution in [0.2, 0.25) is 5.15 Å². The number of anilines is 1. The zero-order valence-corrected chi connectivity index (χ0v) is 12.5. The van der Waals surface area contributed by atoms with E-state index in [1.165, 1.54) is 6.42 Å². The maximum atomic E-state index is 5.86. The van der Waals surface area contributed by atoms with E-state index in [-0.39, 0.29) is 0 Å². The van der Waals surface area contributed by atoms with Gasteiger partial charge in [0.05, 0.1) is 0 Å². The fraction of sp³-hybridized carbons (Fsp3) is 0.750. The predicted octanol–water partition coefficient (Wildman–Crippen LogP) is 3.35. The molecular formula is C12H22ClN3S. The minimum atomic E-state index is 0.604. The van der Waals surface area contributed by atoms with Gasteiger partial charge in [0, 0.05) is 18.5 Å². The average Bonchev–Trinajstić information content (AvgIpc) is 2.76. The van der Waals surface area contributed by atoms with Crippen molar-refractivity contribution in [3.8, 4) is 0 Å². The second kappa shape index (κ2) is 7.90. The fourth-order valence-corrected chi connectivity index (χ4v) is 2.84. The topological polar surface area (TPSA) is 19.4 Å². The van der Waals surface area contributed by atoms with Crippen LogP contribution in [0.15, 0.2) is 5.38 Å². The average molecular weight is 276 g/mol. The van der Waals surface area contributed by atoms with Crippen LogP contribution in [0.25, 0.3) is 0 Å². The third-order valence-electron chi connectivity index (χ3n) is 2.91. The van der Waals surface area contributed by atoms with Crippen LogP contribution in [0.1, 0.15) is 27.2 Å². The van der Waals surface area contributed by atoms with Crippen LogP contribution < -0.4 is 4.90 Å². The maximum Gasteiger partial charge on any atom is 0.186 e. The van der Waals surface area contributed by atoms with Gasteiger partial charge in [0.25, 0.3) is 0 Å². The molecule has 1 aromatic heterocycles. The third kappa shape index (κ3) is 4.82. The van der Waals surface area contributed by atoms with Crippen molar-refractivity contribution in [1.29, 1.82) is 0 Å². The Balaban J connectivity index is 2.38. The number of aromatic nitrogens is 1. The standard InChI is InChI=1S/C12H22ClN3S/c1-4-15(5-2)8-7-9-16(6-3)12-14-11(13)10-17-12/h10H,4-9H2,1-3H3. The predicted molar refractivity (Wildman–Crippen MR) is 77.4 cm³/mol. The lowest BCUT2D eigenvalue weighted by molar-refractivity contribution is 0.301. The molecule has 0 aliphatic carbocycles. The Morgan fingerprint density at radius 2 is 1.88 bits per heavy atom. The van der Waals surface area contributed by atoms with Crippen LogP contribution in [0.5, 0.6) is 0 Å². The van der Waals surface area contributed by atoms with E-state index in [0.717, 1.165) is 37.9 Å². The van der Waals surface area contributed by atoms with Gasteiger partial charge in [0.2, 0.25) is 0 Å². The monoisotopic (exact) mass is 275 g/mol. The highest BCUT2D eigenvalue weighted by atomic mass is 35.5. The minimum absolute atomic E-state index is 0.604. The van der Waals surface area contributed by atoms with Gasteiger partial charge in [-0.2, -0.15) is 0 Å². The fourth-order valence-electron chi connectivity index (χ4n) is 1.80. The van der Waals surface area contributed by atoms with Gasteiger partial charge in [0.1, 0.15) is 5.15 Å². The molecule has 0 aliphatic rings. The van der Waals surface area contributed by atoms with E-state index in [0.29, 0.717) is 5.15 Å². The van der Waals surface area contributed by atoms with E-state index in [1.54, 1.807) is 11.3 Å². The molecule has 3 nitrogen and oxygen atoms in total. The number of halogens is 1. The van der Waals surface area contributed by atoms with Crippen LogP contribution in [0.3, 0.4) is 0 Å². The molecular weight excluding hydrogens is 254 g/mol. The van der Waals surface area contributed by atoms with Crippen LogP contribution in [-0.2, 0) is 0 Å². The quantitative estimate of drug-likeness (QED) is 0.725. The van der Waals surface area contributed by atoms with Crippen molar-refractivity contribution in [3.05, 3.63) is 10.5 Å². The van der Waals surface area contributed by atoms with Crippen molar-refractivity contribution >= 4 is 28.1 Å². The Morgan fingerprint density at radius 3 is 2.35 bits per heavy atom. The molecule has 5 heteroatoms. The SMILES string of the molecule is CCN(CC)CCCN(CC)c1nc(Cl)cs1. The van der Waals surface area contributed by atoms with Crippen LogP contribution in [-0.4, -0.2) is 42.6 Å². The van der Waals surface area contributed by atoms with E-state index in [1.807, 2.05) is 5.38 Å². The number of hydrogen-bond acceptors (Lipinski definition) is 4. The first-order chi connectivity index (χ1) is 8.21. The number of hydrogen-bond donors (Lipinski definition) is 0. The smallest absolute Gasteiger partial charge is 0.186 e. The largest absolute Gasteiger partial charge is 0.348 e. The molecule has 0 radical (unpaired) electrons. The van der Waals surface area contributed by atoms with Crippen LogP contribution >= 0.6 is 22.9 Å². The van der Waals surface area contributed by atoms with E-state index >= 15 is 0 Å². The highest BCUT2D eigenvalue weighted by Crippen LogP contribution is 2.23. The highest BCUT2D eigenvalue weighted by Gasteiger charge is 2.09. The second-order valence-corrected chi connectivity index (χ2v) is 5.14. The number of thiazole rings is 1. The summed E-state index contributed by atoms with van der Waals surface area (Å²) < 4.78 is 0. The van der Waals surface area contributed by atoms with Gasteiger partial charge in [-0.25, -0.2) is 4.98 Å². The third-order valence-corrected chi connectivity index (χ3v) is 4.14. The molecule has 17 heavy (non-hydrogen) atoms. The number of rotatable bonds is 8. The van der Waals surface area contributed by atoms with Crippen LogP contribution in [0.4, 0.5) is 5.13 Å². The Morgan fingerprint density at radius 1 is 1.18 bits per heavy atom. The van der Waals surface area contributed by atoms with E-state index < -0.39 is 0 Å². The van der Waals surface area contributed by atoms with Crippen molar-refractivity contribution in [2.45, 2.75) is 27.2 Å². The Hall–Kier alpha value is -0.320. The molecule has 0 unspecified atom stereocenters. The summed E-state index contributed by atoms with van der Waals surface area (Å²) >= 11 is 7.48. The summed E-state index contributed by atoms with van der Waals surface area (Å²) in [5, 5.41) is 3.54. The summed E-state index contributed by atoms with van der Waals surface area (Å²) in [7, 11) is 0. The van der Waals surface area contributed by atoms with Crippen molar-refractivity contribution < 1.29 is 0 Å². The molecule has 1 aromatic rings. The number of nitrogens with zero attached hydrogens (tertiary/aromatic N) is 3.